The van der Waals surface area contributed by atoms with Crippen molar-refractivity contribution in [3.8, 4) is 5.69 Å². The summed E-state index contributed by atoms with van der Waals surface area (Å²) in [4.78, 5) is 16.2. The standard InChI is InChI=1S/C18H14ClF2N3O/c1-11-22-6-7-24(11)17-5-2-12(8-16(17)21)10-23-18(25)14-4-3-13(20)9-15(14)19/h2-9H,10H2,1H3,(H,23,25). The molecule has 2 aromatic carbocycles. The second kappa shape index (κ2) is 7.03. The van der Waals surface area contributed by atoms with Gasteiger partial charge in [-0.05, 0) is 42.8 Å². The molecule has 1 amide bonds. The summed E-state index contributed by atoms with van der Waals surface area (Å²) in [5, 5.41) is 2.66. The SMILES string of the molecule is Cc1nccn1-c1ccc(CNC(=O)c2ccc(F)cc2Cl)cc1F. The van der Waals surface area contributed by atoms with E-state index in [2.05, 4.69) is 10.3 Å². The third-order valence-corrected chi connectivity index (χ3v) is 4.04. The van der Waals surface area contributed by atoms with Gasteiger partial charge in [0, 0.05) is 18.9 Å². The summed E-state index contributed by atoms with van der Waals surface area (Å²) in [6.45, 7) is 1.90. The van der Waals surface area contributed by atoms with Crippen LogP contribution in [0, 0.1) is 18.6 Å². The summed E-state index contributed by atoms with van der Waals surface area (Å²) in [5.41, 5.74) is 1.13. The number of rotatable bonds is 4. The van der Waals surface area contributed by atoms with Crippen LogP contribution in [0.1, 0.15) is 21.7 Å². The Labute approximate surface area is 148 Å². The number of hydrogen-bond donors (Lipinski definition) is 1. The second-order valence-electron chi connectivity index (χ2n) is 5.44. The van der Waals surface area contributed by atoms with Gasteiger partial charge in [0.15, 0.2) is 0 Å². The van der Waals surface area contributed by atoms with E-state index in [0.717, 1.165) is 12.1 Å². The van der Waals surface area contributed by atoms with E-state index in [1.807, 2.05) is 0 Å². The van der Waals surface area contributed by atoms with Crippen molar-refractivity contribution in [2.75, 3.05) is 0 Å². The van der Waals surface area contributed by atoms with Gasteiger partial charge in [-0.1, -0.05) is 17.7 Å². The molecule has 0 unspecified atom stereocenters. The van der Waals surface area contributed by atoms with Crippen LogP contribution in [0.3, 0.4) is 0 Å². The summed E-state index contributed by atoms with van der Waals surface area (Å²) in [7, 11) is 0. The lowest BCUT2D eigenvalue weighted by Crippen LogP contribution is -2.23. The molecule has 0 spiro atoms. The predicted molar refractivity (Wildman–Crippen MR) is 90.8 cm³/mol. The lowest BCUT2D eigenvalue weighted by molar-refractivity contribution is 0.0951. The van der Waals surface area contributed by atoms with E-state index in [4.69, 9.17) is 11.6 Å². The van der Waals surface area contributed by atoms with E-state index in [-0.39, 0.29) is 17.1 Å². The van der Waals surface area contributed by atoms with Crippen molar-refractivity contribution in [1.82, 2.24) is 14.9 Å². The lowest BCUT2D eigenvalue weighted by Gasteiger charge is -2.10. The largest absolute Gasteiger partial charge is 0.348 e. The van der Waals surface area contributed by atoms with Crippen LogP contribution in [0.2, 0.25) is 5.02 Å². The summed E-state index contributed by atoms with van der Waals surface area (Å²) in [5.74, 6) is -0.729. The van der Waals surface area contributed by atoms with Crippen LogP contribution in [-0.4, -0.2) is 15.5 Å². The Hall–Kier alpha value is -2.73. The first-order valence-corrected chi connectivity index (χ1v) is 7.85. The maximum atomic E-state index is 14.3. The molecule has 0 bridgehead atoms. The molecule has 7 heteroatoms. The zero-order chi connectivity index (χ0) is 18.0. The van der Waals surface area contributed by atoms with E-state index < -0.39 is 17.5 Å². The predicted octanol–water partition coefficient (Wildman–Crippen LogP) is 4.04. The van der Waals surface area contributed by atoms with Gasteiger partial charge in [0.25, 0.3) is 5.91 Å². The van der Waals surface area contributed by atoms with Crippen molar-refractivity contribution >= 4 is 17.5 Å². The quantitative estimate of drug-likeness (QED) is 0.762. The highest BCUT2D eigenvalue weighted by Gasteiger charge is 2.12. The summed E-state index contributed by atoms with van der Waals surface area (Å²) in [6.07, 6.45) is 3.26. The summed E-state index contributed by atoms with van der Waals surface area (Å²) in [6, 6.07) is 8.21. The third-order valence-electron chi connectivity index (χ3n) is 3.73. The first kappa shape index (κ1) is 17.1. The minimum absolute atomic E-state index is 0.0228. The normalized spacial score (nSPS) is 10.7. The van der Waals surface area contributed by atoms with Crippen LogP contribution in [0.25, 0.3) is 5.69 Å². The molecule has 0 aliphatic heterocycles. The molecule has 0 radical (unpaired) electrons. The molecule has 0 atom stereocenters. The number of nitrogens with one attached hydrogen (secondary N) is 1. The van der Waals surface area contributed by atoms with E-state index >= 15 is 0 Å². The van der Waals surface area contributed by atoms with Crippen molar-refractivity contribution in [2.24, 2.45) is 0 Å². The number of imidazole rings is 1. The van der Waals surface area contributed by atoms with Crippen LogP contribution in [0.5, 0.6) is 0 Å². The molecule has 0 fully saturated rings. The van der Waals surface area contributed by atoms with Crippen molar-refractivity contribution in [3.05, 3.63) is 82.4 Å². The lowest BCUT2D eigenvalue weighted by atomic mass is 10.1. The van der Waals surface area contributed by atoms with E-state index in [1.165, 1.54) is 12.1 Å². The van der Waals surface area contributed by atoms with Crippen LogP contribution in [0.4, 0.5) is 8.78 Å². The van der Waals surface area contributed by atoms with Gasteiger partial charge in [-0.2, -0.15) is 0 Å². The fourth-order valence-corrected chi connectivity index (χ4v) is 2.69. The first-order valence-electron chi connectivity index (χ1n) is 7.47. The van der Waals surface area contributed by atoms with E-state index in [1.54, 1.807) is 36.0 Å². The summed E-state index contributed by atoms with van der Waals surface area (Å²) >= 11 is 5.85. The maximum Gasteiger partial charge on any atom is 0.253 e. The second-order valence-corrected chi connectivity index (χ2v) is 5.84. The highest BCUT2D eigenvalue weighted by atomic mass is 35.5. The smallest absolute Gasteiger partial charge is 0.253 e. The van der Waals surface area contributed by atoms with Crippen LogP contribution in [0.15, 0.2) is 48.8 Å². The molecule has 1 heterocycles. The van der Waals surface area contributed by atoms with Crippen molar-refractivity contribution < 1.29 is 13.6 Å². The number of nitrogens with zero attached hydrogens (tertiary/aromatic N) is 2. The molecule has 3 rings (SSSR count). The van der Waals surface area contributed by atoms with Gasteiger partial charge in [0.05, 0.1) is 16.3 Å². The average Bonchev–Trinajstić information content (AvgIpc) is 2.98. The topological polar surface area (TPSA) is 46.9 Å². The molecule has 0 aliphatic carbocycles. The van der Waals surface area contributed by atoms with Gasteiger partial charge in [0.1, 0.15) is 17.5 Å². The number of aromatic nitrogens is 2. The Morgan fingerprint density at radius 2 is 2.04 bits per heavy atom. The van der Waals surface area contributed by atoms with Crippen molar-refractivity contribution in [2.45, 2.75) is 13.5 Å². The van der Waals surface area contributed by atoms with Gasteiger partial charge in [0.2, 0.25) is 0 Å². The van der Waals surface area contributed by atoms with Crippen LogP contribution in [-0.2, 0) is 6.54 Å². The molecule has 1 N–H and O–H groups in total. The number of carbonyl (C=O) groups excluding carboxylic acids is 1. The third kappa shape index (κ3) is 3.69. The Balaban J connectivity index is 1.72. The average molecular weight is 362 g/mol. The van der Waals surface area contributed by atoms with E-state index in [9.17, 15) is 13.6 Å². The van der Waals surface area contributed by atoms with E-state index in [0.29, 0.717) is 17.1 Å². The number of carbonyl (C=O) groups is 1. The number of benzene rings is 2. The Morgan fingerprint density at radius 3 is 2.68 bits per heavy atom. The maximum absolute atomic E-state index is 14.3. The van der Waals surface area contributed by atoms with Crippen LogP contribution >= 0.6 is 11.6 Å². The molecule has 0 aliphatic rings. The minimum Gasteiger partial charge on any atom is -0.348 e. The van der Waals surface area contributed by atoms with Crippen LogP contribution < -0.4 is 5.32 Å². The molecular formula is C18H14ClF2N3O. The Kier molecular flexibility index (Phi) is 4.81. The number of aryl methyl sites for hydroxylation is 1. The Morgan fingerprint density at radius 1 is 1.24 bits per heavy atom. The summed E-state index contributed by atoms with van der Waals surface area (Å²) < 4.78 is 29.0. The molecular weight excluding hydrogens is 348 g/mol. The molecule has 25 heavy (non-hydrogen) atoms. The van der Waals surface area contributed by atoms with Gasteiger partial charge in [-0.25, -0.2) is 13.8 Å². The number of halogens is 3. The van der Waals surface area contributed by atoms with Crippen molar-refractivity contribution in [3.63, 3.8) is 0 Å². The number of hydrogen-bond acceptors (Lipinski definition) is 2. The van der Waals surface area contributed by atoms with Gasteiger partial charge in [-0.3, -0.25) is 4.79 Å². The minimum atomic E-state index is -0.519. The first-order chi connectivity index (χ1) is 12.0. The van der Waals surface area contributed by atoms with Gasteiger partial charge >= 0.3 is 0 Å². The molecule has 0 saturated carbocycles. The van der Waals surface area contributed by atoms with Crippen molar-refractivity contribution in [1.29, 1.82) is 0 Å². The highest BCUT2D eigenvalue weighted by molar-refractivity contribution is 6.33. The fourth-order valence-electron chi connectivity index (χ4n) is 2.44. The molecule has 0 saturated heterocycles. The highest BCUT2D eigenvalue weighted by Crippen LogP contribution is 2.19. The molecule has 4 nitrogen and oxygen atoms in total. The molecule has 3 aromatic rings. The molecule has 1 aromatic heterocycles. The van der Waals surface area contributed by atoms with Gasteiger partial charge < -0.3 is 9.88 Å². The fraction of sp³-hybridized carbons (Fsp3) is 0.111. The Bertz CT molecular complexity index is 940. The zero-order valence-electron chi connectivity index (χ0n) is 13.3. The van der Waals surface area contributed by atoms with Gasteiger partial charge in [-0.15, -0.1) is 0 Å². The number of amides is 1. The molecule has 128 valence electrons. The monoisotopic (exact) mass is 361 g/mol. The zero-order valence-corrected chi connectivity index (χ0v) is 14.0.